The van der Waals surface area contributed by atoms with Crippen LogP contribution in [0.2, 0.25) is 0 Å². The summed E-state index contributed by atoms with van der Waals surface area (Å²) in [6, 6.07) is 15.9. The number of aromatic amines is 1. The average Bonchev–Trinajstić information content (AvgIpc) is 3.16. The minimum atomic E-state index is -0.688. The highest BCUT2D eigenvalue weighted by Crippen LogP contribution is 2.19. The molecule has 0 aliphatic carbocycles. The molecule has 0 unspecified atom stereocenters. The van der Waals surface area contributed by atoms with Gasteiger partial charge in [-0.2, -0.15) is 5.26 Å². The number of rotatable bonds is 8. The molecule has 0 aliphatic rings. The first kappa shape index (κ1) is 19.8. The molecule has 8 nitrogen and oxygen atoms in total. The zero-order valence-electron chi connectivity index (χ0n) is 15.7. The molecule has 0 atom stereocenters. The second kappa shape index (κ2) is 9.28. The van der Waals surface area contributed by atoms with Crippen LogP contribution in [0.15, 0.2) is 54.3 Å². The van der Waals surface area contributed by atoms with E-state index in [4.69, 9.17) is 14.2 Å². The molecule has 0 saturated heterocycles. The Hall–Kier alpha value is -3.99. The number of esters is 1. The number of nitriles is 1. The molecule has 2 aromatic carbocycles. The van der Waals surface area contributed by atoms with E-state index in [1.165, 1.54) is 0 Å². The van der Waals surface area contributed by atoms with Crippen molar-refractivity contribution in [3.05, 3.63) is 60.1 Å². The lowest BCUT2D eigenvalue weighted by atomic mass is 10.2. The van der Waals surface area contributed by atoms with Gasteiger partial charge in [-0.3, -0.25) is 0 Å². The maximum atomic E-state index is 11.9. The van der Waals surface area contributed by atoms with Gasteiger partial charge < -0.3 is 24.3 Å². The minimum Gasteiger partial charge on any atom is -0.507 e. The smallest absolute Gasteiger partial charge is 0.344 e. The van der Waals surface area contributed by atoms with Gasteiger partial charge in [-0.1, -0.05) is 12.1 Å². The minimum absolute atomic E-state index is 0.0959. The SMILES string of the molecule is CCOc1ccc(OCC(=O)OC/C(O)=C(\C#N)c2nc3ccccc3[nH]2)cc1. The van der Waals surface area contributed by atoms with Crippen molar-refractivity contribution in [3.8, 4) is 17.6 Å². The quantitative estimate of drug-likeness (QED) is 0.342. The van der Waals surface area contributed by atoms with Gasteiger partial charge in [-0.15, -0.1) is 0 Å². The Labute approximate surface area is 167 Å². The molecule has 29 heavy (non-hydrogen) atoms. The van der Waals surface area contributed by atoms with E-state index >= 15 is 0 Å². The number of para-hydroxylation sites is 2. The third-order valence-corrected chi connectivity index (χ3v) is 3.89. The van der Waals surface area contributed by atoms with Crippen molar-refractivity contribution in [2.45, 2.75) is 6.92 Å². The van der Waals surface area contributed by atoms with Crippen LogP contribution in [0.3, 0.4) is 0 Å². The maximum absolute atomic E-state index is 11.9. The van der Waals surface area contributed by atoms with E-state index in [1.54, 1.807) is 36.4 Å². The summed E-state index contributed by atoms with van der Waals surface area (Å²) in [6.07, 6.45) is 0. The van der Waals surface area contributed by atoms with E-state index in [0.717, 1.165) is 5.52 Å². The molecule has 148 valence electrons. The van der Waals surface area contributed by atoms with Gasteiger partial charge >= 0.3 is 5.97 Å². The van der Waals surface area contributed by atoms with E-state index in [9.17, 15) is 15.2 Å². The zero-order valence-corrected chi connectivity index (χ0v) is 15.7. The van der Waals surface area contributed by atoms with E-state index in [2.05, 4.69) is 9.97 Å². The number of nitrogens with zero attached hydrogens (tertiary/aromatic N) is 2. The Morgan fingerprint density at radius 3 is 2.45 bits per heavy atom. The molecular formula is C21H19N3O5. The highest BCUT2D eigenvalue weighted by atomic mass is 16.6. The lowest BCUT2D eigenvalue weighted by Gasteiger charge is -2.08. The number of allylic oxidation sites excluding steroid dienone is 1. The second-order valence-electron chi connectivity index (χ2n) is 5.89. The fourth-order valence-electron chi connectivity index (χ4n) is 2.53. The van der Waals surface area contributed by atoms with Crippen molar-refractivity contribution in [1.82, 2.24) is 9.97 Å². The summed E-state index contributed by atoms with van der Waals surface area (Å²) in [6.45, 7) is 1.64. The Morgan fingerprint density at radius 2 is 1.79 bits per heavy atom. The monoisotopic (exact) mass is 393 g/mol. The second-order valence-corrected chi connectivity index (χ2v) is 5.89. The number of hydrogen-bond donors (Lipinski definition) is 2. The number of nitrogens with one attached hydrogen (secondary N) is 1. The summed E-state index contributed by atoms with van der Waals surface area (Å²) in [4.78, 5) is 19.1. The number of H-pyrrole nitrogens is 1. The normalized spacial score (nSPS) is 11.4. The molecule has 8 heteroatoms. The first-order valence-electron chi connectivity index (χ1n) is 8.89. The van der Waals surface area contributed by atoms with E-state index in [-0.39, 0.29) is 18.0 Å². The van der Waals surface area contributed by atoms with Gasteiger partial charge in [0.2, 0.25) is 0 Å². The highest BCUT2D eigenvalue weighted by Gasteiger charge is 2.15. The van der Waals surface area contributed by atoms with Crippen molar-refractivity contribution in [2.24, 2.45) is 0 Å². The van der Waals surface area contributed by atoms with E-state index in [0.29, 0.717) is 23.6 Å². The van der Waals surface area contributed by atoms with E-state index < -0.39 is 18.3 Å². The number of hydrogen-bond acceptors (Lipinski definition) is 7. The number of aliphatic hydroxyl groups excluding tert-OH is 1. The van der Waals surface area contributed by atoms with E-state index in [1.807, 2.05) is 25.1 Å². The molecule has 3 aromatic rings. The molecule has 0 radical (unpaired) electrons. The molecule has 0 fully saturated rings. The fourth-order valence-corrected chi connectivity index (χ4v) is 2.53. The zero-order chi connectivity index (χ0) is 20.6. The number of aromatic nitrogens is 2. The largest absolute Gasteiger partial charge is 0.507 e. The Morgan fingerprint density at radius 1 is 1.10 bits per heavy atom. The van der Waals surface area contributed by atoms with Gasteiger partial charge in [0.1, 0.15) is 29.7 Å². The third-order valence-electron chi connectivity index (χ3n) is 3.89. The molecule has 0 amide bonds. The standard InChI is InChI=1S/C21H19N3O5/c1-2-27-14-7-9-15(10-8-14)28-13-20(26)29-12-19(25)16(11-22)21-23-17-5-3-4-6-18(17)24-21/h3-10,25H,2,12-13H2,1H3,(H,23,24)/b19-16-. The molecule has 0 saturated carbocycles. The molecule has 0 spiro atoms. The number of imidazole rings is 1. The van der Waals surface area contributed by atoms with Crippen LogP contribution in [-0.2, 0) is 9.53 Å². The number of ether oxygens (including phenoxy) is 3. The van der Waals surface area contributed by atoms with Gasteiger partial charge in [0.15, 0.2) is 18.2 Å². The van der Waals surface area contributed by atoms with Gasteiger partial charge in [0, 0.05) is 0 Å². The molecule has 0 bridgehead atoms. The predicted octanol–water partition coefficient (Wildman–Crippen LogP) is 3.38. The third kappa shape index (κ3) is 5.05. The summed E-state index contributed by atoms with van der Waals surface area (Å²) in [5, 5.41) is 19.5. The lowest BCUT2D eigenvalue weighted by Crippen LogP contribution is -2.16. The number of carbonyl (C=O) groups excluding carboxylic acids is 1. The topological polar surface area (TPSA) is 117 Å². The molecular weight excluding hydrogens is 374 g/mol. The van der Waals surface area contributed by atoms with Crippen LogP contribution >= 0.6 is 0 Å². The van der Waals surface area contributed by atoms with Crippen LogP contribution in [0.1, 0.15) is 12.7 Å². The fraction of sp³-hybridized carbons (Fsp3) is 0.190. The van der Waals surface area contributed by atoms with Gasteiger partial charge in [-0.05, 0) is 43.3 Å². The molecule has 1 aromatic heterocycles. The number of benzene rings is 2. The van der Waals surface area contributed by atoms with Gasteiger partial charge in [0.25, 0.3) is 0 Å². The molecule has 0 aliphatic heterocycles. The first-order chi connectivity index (χ1) is 14.1. The van der Waals surface area contributed by atoms with Crippen LogP contribution < -0.4 is 9.47 Å². The van der Waals surface area contributed by atoms with Crippen LogP contribution in [0.4, 0.5) is 0 Å². The number of aliphatic hydroxyl groups is 1. The molecule has 3 rings (SSSR count). The Bertz CT molecular complexity index is 1030. The molecule has 2 N–H and O–H groups in total. The van der Waals surface area contributed by atoms with Crippen molar-refractivity contribution >= 4 is 22.6 Å². The summed E-state index contributed by atoms with van der Waals surface area (Å²) in [7, 11) is 0. The summed E-state index contributed by atoms with van der Waals surface area (Å²) in [5.41, 5.74) is 1.29. The van der Waals surface area contributed by atoms with Crippen LogP contribution in [-0.4, -0.2) is 40.9 Å². The van der Waals surface area contributed by atoms with Crippen molar-refractivity contribution in [1.29, 1.82) is 5.26 Å². The van der Waals surface area contributed by atoms with Crippen molar-refractivity contribution in [3.63, 3.8) is 0 Å². The predicted molar refractivity (Wildman–Crippen MR) is 105 cm³/mol. The van der Waals surface area contributed by atoms with Crippen molar-refractivity contribution in [2.75, 3.05) is 19.8 Å². The Balaban J connectivity index is 1.57. The number of carbonyl (C=O) groups is 1. The first-order valence-corrected chi connectivity index (χ1v) is 8.89. The van der Waals surface area contributed by atoms with Crippen LogP contribution in [0, 0.1) is 11.3 Å². The van der Waals surface area contributed by atoms with Crippen LogP contribution in [0.5, 0.6) is 11.5 Å². The average molecular weight is 393 g/mol. The summed E-state index contributed by atoms with van der Waals surface area (Å²) in [5.74, 6) is 0.290. The van der Waals surface area contributed by atoms with Gasteiger partial charge in [-0.25, -0.2) is 9.78 Å². The van der Waals surface area contributed by atoms with Crippen LogP contribution in [0.25, 0.3) is 16.6 Å². The van der Waals surface area contributed by atoms with Crippen molar-refractivity contribution < 1.29 is 24.1 Å². The van der Waals surface area contributed by atoms with Gasteiger partial charge in [0.05, 0.1) is 17.6 Å². The lowest BCUT2D eigenvalue weighted by molar-refractivity contribution is -0.145. The number of fused-ring (bicyclic) bond motifs is 1. The molecule has 1 heterocycles. The maximum Gasteiger partial charge on any atom is 0.344 e. The highest BCUT2D eigenvalue weighted by molar-refractivity contribution is 5.83. The summed E-state index contributed by atoms with van der Waals surface area (Å²) < 4.78 is 15.6. The summed E-state index contributed by atoms with van der Waals surface area (Å²) >= 11 is 0. The Kier molecular flexibility index (Phi) is 6.32.